The van der Waals surface area contributed by atoms with Gasteiger partial charge in [-0.25, -0.2) is 4.39 Å². The van der Waals surface area contributed by atoms with Crippen LogP contribution in [-0.4, -0.2) is 0 Å². The molecule has 0 radical (unpaired) electrons. The maximum atomic E-state index is 13.6. The molecule has 1 aromatic rings. The number of hydrogen-bond acceptors (Lipinski definition) is 2. The second kappa shape index (κ2) is 5.72. The fourth-order valence-electron chi connectivity index (χ4n) is 1.25. The summed E-state index contributed by atoms with van der Waals surface area (Å²) >= 11 is 5.67. The largest absolute Gasteiger partial charge is 0.271 e. The Kier molecular flexibility index (Phi) is 4.57. The van der Waals surface area contributed by atoms with Gasteiger partial charge in [-0.3, -0.25) is 11.3 Å². The van der Waals surface area contributed by atoms with Gasteiger partial charge in [0.1, 0.15) is 5.82 Å². The van der Waals surface area contributed by atoms with Crippen LogP contribution >= 0.6 is 11.6 Å². The Bertz CT molecular complexity index is 395. The Morgan fingerprint density at radius 1 is 1.60 bits per heavy atom. The van der Waals surface area contributed by atoms with Crippen LogP contribution in [0.4, 0.5) is 4.39 Å². The minimum absolute atomic E-state index is 0.0946. The molecule has 15 heavy (non-hydrogen) atoms. The van der Waals surface area contributed by atoms with E-state index in [1.54, 1.807) is 19.1 Å². The van der Waals surface area contributed by atoms with Crippen LogP contribution in [0.25, 0.3) is 0 Å². The van der Waals surface area contributed by atoms with Crippen molar-refractivity contribution in [3.8, 4) is 11.8 Å². The highest BCUT2D eigenvalue weighted by atomic mass is 35.5. The molecule has 0 saturated carbocycles. The lowest BCUT2D eigenvalue weighted by Gasteiger charge is -2.14. The molecule has 0 heterocycles. The van der Waals surface area contributed by atoms with Crippen LogP contribution in [0.2, 0.25) is 5.02 Å². The van der Waals surface area contributed by atoms with Gasteiger partial charge in [-0.1, -0.05) is 23.7 Å². The van der Waals surface area contributed by atoms with E-state index in [1.165, 1.54) is 6.07 Å². The minimum atomic E-state index is -0.444. The first-order valence-corrected chi connectivity index (χ1v) is 4.88. The van der Waals surface area contributed by atoms with Crippen molar-refractivity contribution in [2.75, 3.05) is 0 Å². The van der Waals surface area contributed by atoms with Gasteiger partial charge >= 0.3 is 0 Å². The zero-order chi connectivity index (χ0) is 11.3. The first-order valence-electron chi connectivity index (χ1n) is 4.50. The molecule has 0 aromatic heterocycles. The van der Waals surface area contributed by atoms with E-state index in [0.717, 1.165) is 0 Å². The second-order valence-corrected chi connectivity index (χ2v) is 3.40. The number of halogens is 2. The lowest BCUT2D eigenvalue weighted by molar-refractivity contribution is 0.521. The van der Waals surface area contributed by atoms with Crippen molar-refractivity contribution in [3.05, 3.63) is 34.6 Å². The number of hydrogen-bond donors (Lipinski definition) is 2. The topological polar surface area (TPSA) is 38.0 Å². The third-order valence-corrected chi connectivity index (χ3v) is 2.33. The Balaban J connectivity index is 2.99. The zero-order valence-electron chi connectivity index (χ0n) is 8.35. The SMILES string of the molecule is CC#CCC(NN)c1cccc(Cl)c1F. The number of rotatable bonds is 3. The first-order chi connectivity index (χ1) is 7.20. The quantitative estimate of drug-likeness (QED) is 0.472. The average molecular weight is 227 g/mol. The van der Waals surface area contributed by atoms with Crippen LogP contribution < -0.4 is 11.3 Å². The van der Waals surface area contributed by atoms with Gasteiger partial charge in [0.25, 0.3) is 0 Å². The molecule has 1 atom stereocenters. The normalized spacial score (nSPS) is 11.7. The summed E-state index contributed by atoms with van der Waals surface area (Å²) in [6.07, 6.45) is 0.449. The fourth-order valence-corrected chi connectivity index (χ4v) is 1.43. The van der Waals surface area contributed by atoms with Crippen molar-refractivity contribution in [1.82, 2.24) is 5.43 Å². The minimum Gasteiger partial charge on any atom is -0.271 e. The standard InChI is InChI=1S/C11H12ClFN2/c1-2-3-7-10(15-14)8-5-4-6-9(12)11(8)13/h4-6,10,15H,7,14H2,1H3. The fraction of sp³-hybridized carbons (Fsp3) is 0.273. The Hall–Kier alpha value is -1.08. The molecule has 1 rings (SSSR count). The van der Waals surface area contributed by atoms with Crippen molar-refractivity contribution >= 4 is 11.6 Å². The van der Waals surface area contributed by atoms with Crippen molar-refractivity contribution in [2.45, 2.75) is 19.4 Å². The first kappa shape index (κ1) is 12.0. The molecule has 0 fully saturated rings. The smallest absolute Gasteiger partial charge is 0.146 e. The number of nitrogens with two attached hydrogens (primary N) is 1. The molecule has 0 spiro atoms. The maximum absolute atomic E-state index is 13.6. The third kappa shape index (κ3) is 2.93. The molecule has 0 aliphatic carbocycles. The third-order valence-electron chi connectivity index (χ3n) is 2.04. The van der Waals surface area contributed by atoms with E-state index < -0.39 is 5.82 Å². The molecular formula is C11H12ClFN2. The summed E-state index contributed by atoms with van der Waals surface area (Å²) in [6.45, 7) is 1.72. The van der Waals surface area contributed by atoms with Gasteiger partial charge in [0.05, 0.1) is 11.1 Å². The summed E-state index contributed by atoms with van der Waals surface area (Å²) in [4.78, 5) is 0. The van der Waals surface area contributed by atoms with Gasteiger partial charge in [-0.05, 0) is 13.0 Å². The van der Waals surface area contributed by atoms with Crippen LogP contribution in [0, 0.1) is 17.7 Å². The number of benzene rings is 1. The van der Waals surface area contributed by atoms with Gasteiger partial charge in [0.15, 0.2) is 0 Å². The highest BCUT2D eigenvalue weighted by Gasteiger charge is 2.14. The number of nitrogens with one attached hydrogen (secondary N) is 1. The number of hydrazine groups is 1. The van der Waals surface area contributed by atoms with Crippen molar-refractivity contribution in [1.29, 1.82) is 0 Å². The van der Waals surface area contributed by atoms with Gasteiger partial charge in [0.2, 0.25) is 0 Å². The lowest BCUT2D eigenvalue weighted by atomic mass is 10.0. The van der Waals surface area contributed by atoms with Gasteiger partial charge < -0.3 is 0 Å². The summed E-state index contributed by atoms with van der Waals surface area (Å²) in [5.74, 6) is 10.5. The molecule has 0 aliphatic rings. The van der Waals surface area contributed by atoms with E-state index >= 15 is 0 Å². The van der Waals surface area contributed by atoms with Crippen LogP contribution in [0.5, 0.6) is 0 Å². The molecule has 0 aliphatic heterocycles. The van der Waals surface area contributed by atoms with Crippen molar-refractivity contribution < 1.29 is 4.39 Å². The highest BCUT2D eigenvalue weighted by molar-refractivity contribution is 6.30. The zero-order valence-corrected chi connectivity index (χ0v) is 9.11. The van der Waals surface area contributed by atoms with Crippen LogP contribution in [0.1, 0.15) is 24.9 Å². The Morgan fingerprint density at radius 2 is 2.33 bits per heavy atom. The van der Waals surface area contributed by atoms with E-state index in [-0.39, 0.29) is 11.1 Å². The van der Waals surface area contributed by atoms with E-state index in [1.807, 2.05) is 0 Å². The summed E-state index contributed by atoms with van der Waals surface area (Å²) in [5, 5.41) is 0.0946. The molecule has 3 N–H and O–H groups in total. The van der Waals surface area contributed by atoms with Crippen molar-refractivity contribution in [3.63, 3.8) is 0 Å². The molecule has 0 amide bonds. The van der Waals surface area contributed by atoms with Crippen LogP contribution in [0.15, 0.2) is 18.2 Å². The predicted molar refractivity (Wildman–Crippen MR) is 59.5 cm³/mol. The maximum Gasteiger partial charge on any atom is 0.146 e. The van der Waals surface area contributed by atoms with Gasteiger partial charge in [-0.2, -0.15) is 0 Å². The van der Waals surface area contributed by atoms with Crippen molar-refractivity contribution in [2.24, 2.45) is 5.84 Å². The Labute approximate surface area is 93.6 Å². The average Bonchev–Trinajstić information content (AvgIpc) is 2.25. The molecule has 4 heteroatoms. The Morgan fingerprint density at radius 3 is 2.93 bits per heavy atom. The van der Waals surface area contributed by atoms with Gasteiger partial charge in [0, 0.05) is 12.0 Å². The van der Waals surface area contributed by atoms with Gasteiger partial charge in [-0.15, -0.1) is 11.8 Å². The summed E-state index contributed by atoms with van der Waals surface area (Å²) < 4.78 is 13.6. The molecule has 0 bridgehead atoms. The summed E-state index contributed by atoms with van der Waals surface area (Å²) in [5.41, 5.74) is 2.96. The van der Waals surface area contributed by atoms with E-state index in [2.05, 4.69) is 17.3 Å². The summed E-state index contributed by atoms with van der Waals surface area (Å²) in [6, 6.07) is 4.49. The van der Waals surface area contributed by atoms with E-state index in [4.69, 9.17) is 17.4 Å². The molecule has 1 aromatic carbocycles. The van der Waals surface area contributed by atoms with E-state index in [9.17, 15) is 4.39 Å². The van der Waals surface area contributed by atoms with Crippen LogP contribution in [0.3, 0.4) is 0 Å². The molecule has 80 valence electrons. The molecule has 2 nitrogen and oxygen atoms in total. The van der Waals surface area contributed by atoms with Crippen LogP contribution in [-0.2, 0) is 0 Å². The molecule has 1 unspecified atom stereocenters. The highest BCUT2D eigenvalue weighted by Crippen LogP contribution is 2.24. The molecule has 0 saturated heterocycles. The second-order valence-electron chi connectivity index (χ2n) is 2.99. The summed E-state index contributed by atoms with van der Waals surface area (Å²) in [7, 11) is 0. The predicted octanol–water partition coefficient (Wildman–Crippen LogP) is 2.40. The molecular weight excluding hydrogens is 215 g/mol. The monoisotopic (exact) mass is 226 g/mol. The van der Waals surface area contributed by atoms with E-state index in [0.29, 0.717) is 12.0 Å². The lowest BCUT2D eigenvalue weighted by Crippen LogP contribution is -2.28.